The quantitative estimate of drug-likeness (QED) is 0.764. The molecule has 0 bridgehead atoms. The molecule has 0 saturated carbocycles. The molecule has 0 aliphatic carbocycles. The largest absolute Gasteiger partial charge is 0.300 e. The number of thioether (sulfide) groups is 1. The van der Waals surface area contributed by atoms with Gasteiger partial charge in [-0.25, -0.2) is 0 Å². The van der Waals surface area contributed by atoms with Crippen LogP contribution in [0.5, 0.6) is 0 Å². The first-order chi connectivity index (χ1) is 9.39. The highest BCUT2D eigenvalue weighted by Gasteiger charge is 2.37. The van der Waals surface area contributed by atoms with Crippen LogP contribution in [0.4, 0.5) is 0 Å². The lowest BCUT2D eigenvalue weighted by atomic mass is 9.92. The van der Waals surface area contributed by atoms with Gasteiger partial charge in [-0.15, -0.1) is 0 Å². The zero-order valence-corrected chi connectivity index (χ0v) is 15.0. The van der Waals surface area contributed by atoms with Crippen LogP contribution in [0.15, 0.2) is 0 Å². The van der Waals surface area contributed by atoms with Gasteiger partial charge < -0.3 is 0 Å². The maximum absolute atomic E-state index is 2.80. The summed E-state index contributed by atoms with van der Waals surface area (Å²) in [6, 6.07) is 1.48. The van der Waals surface area contributed by atoms with Gasteiger partial charge in [0.25, 0.3) is 0 Å². The Morgan fingerprint density at radius 1 is 1.05 bits per heavy atom. The lowest BCUT2D eigenvalue weighted by Gasteiger charge is -2.48. The third-order valence-electron chi connectivity index (χ3n) is 4.91. The van der Waals surface area contributed by atoms with E-state index in [9.17, 15) is 0 Å². The molecule has 0 aromatic rings. The van der Waals surface area contributed by atoms with Crippen molar-refractivity contribution in [3.63, 3.8) is 0 Å². The highest BCUT2D eigenvalue weighted by molar-refractivity contribution is 8.00. The van der Waals surface area contributed by atoms with E-state index in [0.717, 1.165) is 11.3 Å². The standard InChI is InChI=1S/C17H34N2S/c1-14(2)18-10-8-12-20-16(13-18)15-9-6-7-11-19(15)17(3,4)5/h14-16H,6-13H2,1-5H3. The van der Waals surface area contributed by atoms with Crippen LogP contribution in [0, 0.1) is 0 Å². The maximum atomic E-state index is 2.80. The molecule has 0 N–H and O–H groups in total. The molecule has 2 heterocycles. The number of hydrogen-bond donors (Lipinski definition) is 0. The molecule has 0 amide bonds. The fourth-order valence-electron chi connectivity index (χ4n) is 3.76. The Balaban J connectivity index is 2.09. The van der Waals surface area contributed by atoms with E-state index >= 15 is 0 Å². The molecule has 2 unspecified atom stereocenters. The predicted octanol–water partition coefficient (Wildman–Crippen LogP) is 3.86. The Hall–Kier alpha value is 0.270. The summed E-state index contributed by atoms with van der Waals surface area (Å²) >= 11 is 2.25. The Bertz CT molecular complexity index is 298. The zero-order valence-electron chi connectivity index (χ0n) is 14.2. The van der Waals surface area contributed by atoms with Gasteiger partial charge in [0.15, 0.2) is 0 Å². The number of likely N-dealkylation sites (tertiary alicyclic amines) is 1. The van der Waals surface area contributed by atoms with Crippen LogP contribution >= 0.6 is 11.8 Å². The molecule has 0 aromatic carbocycles. The molecule has 0 aromatic heterocycles. The molecule has 20 heavy (non-hydrogen) atoms. The summed E-state index contributed by atoms with van der Waals surface area (Å²) < 4.78 is 0. The van der Waals surface area contributed by atoms with E-state index in [1.807, 2.05) is 0 Å². The fourth-order valence-corrected chi connectivity index (χ4v) is 5.16. The van der Waals surface area contributed by atoms with Crippen molar-refractivity contribution < 1.29 is 0 Å². The van der Waals surface area contributed by atoms with Crippen molar-refractivity contribution in [2.75, 3.05) is 25.4 Å². The molecular formula is C17H34N2S. The Labute approximate surface area is 130 Å². The first-order valence-corrected chi connectivity index (χ1v) is 9.57. The van der Waals surface area contributed by atoms with Gasteiger partial charge in [0.1, 0.15) is 0 Å². The number of hydrogen-bond acceptors (Lipinski definition) is 3. The molecule has 0 spiro atoms. The van der Waals surface area contributed by atoms with Gasteiger partial charge in [-0.2, -0.15) is 11.8 Å². The summed E-state index contributed by atoms with van der Waals surface area (Å²) in [6.45, 7) is 15.8. The van der Waals surface area contributed by atoms with E-state index < -0.39 is 0 Å². The lowest BCUT2D eigenvalue weighted by Crippen LogP contribution is -2.56. The van der Waals surface area contributed by atoms with Gasteiger partial charge in [0.05, 0.1) is 0 Å². The van der Waals surface area contributed by atoms with Gasteiger partial charge in [0.2, 0.25) is 0 Å². The van der Waals surface area contributed by atoms with E-state index in [0.29, 0.717) is 11.6 Å². The number of nitrogens with zero attached hydrogens (tertiary/aromatic N) is 2. The second kappa shape index (κ2) is 7.02. The van der Waals surface area contributed by atoms with E-state index in [-0.39, 0.29) is 0 Å². The van der Waals surface area contributed by atoms with E-state index in [1.54, 1.807) is 0 Å². The molecule has 2 aliphatic rings. The second-order valence-electron chi connectivity index (χ2n) is 7.78. The highest BCUT2D eigenvalue weighted by Crippen LogP contribution is 2.34. The average molecular weight is 299 g/mol. The minimum atomic E-state index is 0.320. The SMILES string of the molecule is CC(C)N1CCCSC(C2CCCCN2C(C)(C)C)C1. The molecule has 2 atom stereocenters. The summed E-state index contributed by atoms with van der Waals surface area (Å²) in [4.78, 5) is 5.51. The van der Waals surface area contributed by atoms with Crippen molar-refractivity contribution in [1.82, 2.24) is 9.80 Å². The smallest absolute Gasteiger partial charge is 0.0330 e. The Morgan fingerprint density at radius 2 is 1.80 bits per heavy atom. The van der Waals surface area contributed by atoms with Gasteiger partial charge in [0, 0.05) is 29.4 Å². The average Bonchev–Trinajstić information content (AvgIpc) is 2.63. The molecule has 0 radical (unpaired) electrons. The molecule has 2 fully saturated rings. The lowest BCUT2D eigenvalue weighted by molar-refractivity contribution is 0.0437. The summed E-state index contributed by atoms with van der Waals surface area (Å²) in [7, 11) is 0. The number of piperidine rings is 1. The van der Waals surface area contributed by atoms with Crippen LogP contribution in [0.25, 0.3) is 0 Å². The summed E-state index contributed by atoms with van der Waals surface area (Å²) in [5, 5.41) is 0.805. The summed E-state index contributed by atoms with van der Waals surface area (Å²) in [6.07, 6.45) is 5.58. The molecule has 2 aliphatic heterocycles. The van der Waals surface area contributed by atoms with Crippen molar-refractivity contribution in [1.29, 1.82) is 0 Å². The fraction of sp³-hybridized carbons (Fsp3) is 1.00. The minimum Gasteiger partial charge on any atom is -0.300 e. The molecule has 2 saturated heterocycles. The molecule has 3 heteroatoms. The van der Waals surface area contributed by atoms with Crippen LogP contribution in [-0.4, -0.2) is 58.1 Å². The van der Waals surface area contributed by atoms with Crippen molar-refractivity contribution in [2.45, 2.75) is 83.2 Å². The van der Waals surface area contributed by atoms with E-state index in [1.165, 1.54) is 51.1 Å². The first-order valence-electron chi connectivity index (χ1n) is 8.52. The Kier molecular flexibility index (Phi) is 5.84. The highest BCUT2D eigenvalue weighted by atomic mass is 32.2. The minimum absolute atomic E-state index is 0.320. The van der Waals surface area contributed by atoms with Crippen molar-refractivity contribution >= 4 is 11.8 Å². The van der Waals surface area contributed by atoms with Gasteiger partial charge >= 0.3 is 0 Å². The summed E-state index contributed by atoms with van der Waals surface area (Å²) in [5.41, 5.74) is 0.320. The van der Waals surface area contributed by atoms with Crippen molar-refractivity contribution in [3.8, 4) is 0 Å². The Morgan fingerprint density at radius 3 is 2.45 bits per heavy atom. The molecule has 2 rings (SSSR count). The molecular weight excluding hydrogens is 264 g/mol. The first kappa shape index (κ1) is 16.6. The van der Waals surface area contributed by atoms with Crippen molar-refractivity contribution in [3.05, 3.63) is 0 Å². The number of rotatable bonds is 2. The predicted molar refractivity (Wildman–Crippen MR) is 91.7 cm³/mol. The second-order valence-corrected chi connectivity index (χ2v) is 9.13. The third-order valence-corrected chi connectivity index (χ3v) is 6.32. The van der Waals surface area contributed by atoms with E-state index in [2.05, 4.69) is 56.2 Å². The van der Waals surface area contributed by atoms with E-state index in [4.69, 9.17) is 0 Å². The normalized spacial score (nSPS) is 31.5. The summed E-state index contributed by atoms with van der Waals surface area (Å²) in [5.74, 6) is 1.35. The topological polar surface area (TPSA) is 6.48 Å². The third kappa shape index (κ3) is 4.14. The van der Waals surface area contributed by atoms with Crippen molar-refractivity contribution in [2.24, 2.45) is 0 Å². The van der Waals surface area contributed by atoms with Gasteiger partial charge in [-0.3, -0.25) is 9.80 Å². The zero-order chi connectivity index (χ0) is 14.8. The van der Waals surface area contributed by atoms with Gasteiger partial charge in [-0.05, 0) is 72.7 Å². The van der Waals surface area contributed by atoms with Crippen LogP contribution in [0.3, 0.4) is 0 Å². The molecule has 2 nitrogen and oxygen atoms in total. The maximum Gasteiger partial charge on any atom is 0.0330 e. The van der Waals surface area contributed by atoms with Crippen LogP contribution in [0.2, 0.25) is 0 Å². The van der Waals surface area contributed by atoms with Crippen LogP contribution in [-0.2, 0) is 0 Å². The monoisotopic (exact) mass is 298 g/mol. The van der Waals surface area contributed by atoms with Gasteiger partial charge in [-0.1, -0.05) is 6.42 Å². The van der Waals surface area contributed by atoms with Crippen LogP contribution in [0.1, 0.15) is 60.3 Å². The molecule has 118 valence electrons. The van der Waals surface area contributed by atoms with Crippen LogP contribution < -0.4 is 0 Å².